The van der Waals surface area contributed by atoms with Crippen molar-refractivity contribution in [2.45, 2.75) is 36.3 Å². The summed E-state index contributed by atoms with van der Waals surface area (Å²) in [6.45, 7) is 0.812. The number of halogens is 1. The lowest BCUT2D eigenvalue weighted by molar-refractivity contribution is 0.0952. The van der Waals surface area contributed by atoms with E-state index in [0.29, 0.717) is 10.7 Å². The summed E-state index contributed by atoms with van der Waals surface area (Å²) in [4.78, 5) is 15.1. The fourth-order valence-corrected chi connectivity index (χ4v) is 5.86. The minimum Gasteiger partial charge on any atom is -0.351 e. The largest absolute Gasteiger partial charge is 0.351 e. The zero-order chi connectivity index (χ0) is 13.2. The number of hydrogen-bond donors (Lipinski definition) is 1. The summed E-state index contributed by atoms with van der Waals surface area (Å²) in [5.41, 5.74) is 1.38. The molecular formula is C14H18BrNOS2. The fourth-order valence-electron chi connectivity index (χ4n) is 2.79. The molecule has 1 saturated carbocycles. The summed E-state index contributed by atoms with van der Waals surface area (Å²) in [7, 11) is 0. The molecular weight excluding hydrogens is 342 g/mol. The van der Waals surface area contributed by atoms with E-state index in [0.717, 1.165) is 23.6 Å². The number of aryl methyl sites for hydroxylation is 1. The molecule has 0 spiro atoms. The Bertz CT molecular complexity index is 451. The summed E-state index contributed by atoms with van der Waals surface area (Å²) in [6.07, 6.45) is 4.88. The van der Waals surface area contributed by atoms with Crippen LogP contribution in [-0.4, -0.2) is 23.0 Å². The van der Waals surface area contributed by atoms with Crippen LogP contribution >= 0.6 is 39.0 Å². The van der Waals surface area contributed by atoms with Crippen molar-refractivity contribution in [1.82, 2.24) is 5.32 Å². The molecule has 104 valence electrons. The topological polar surface area (TPSA) is 29.1 Å². The Morgan fingerprint density at radius 3 is 3.11 bits per heavy atom. The number of amides is 1. The first-order valence-corrected chi connectivity index (χ1v) is 9.74. The van der Waals surface area contributed by atoms with Gasteiger partial charge < -0.3 is 5.32 Å². The molecule has 1 aliphatic heterocycles. The lowest BCUT2D eigenvalue weighted by atomic mass is 10.1. The van der Waals surface area contributed by atoms with Crippen LogP contribution in [0.15, 0.2) is 6.07 Å². The maximum atomic E-state index is 12.2. The second-order valence-electron chi connectivity index (χ2n) is 5.28. The Labute approximate surface area is 130 Å². The summed E-state index contributed by atoms with van der Waals surface area (Å²) in [5, 5.41) is 3.12. The van der Waals surface area contributed by atoms with E-state index in [1.807, 2.05) is 11.8 Å². The van der Waals surface area contributed by atoms with Crippen LogP contribution in [0.4, 0.5) is 0 Å². The van der Waals surface area contributed by atoms with Crippen molar-refractivity contribution < 1.29 is 4.79 Å². The number of thiophene rings is 1. The average molecular weight is 360 g/mol. The van der Waals surface area contributed by atoms with Crippen LogP contribution in [0.3, 0.4) is 0 Å². The quantitative estimate of drug-likeness (QED) is 0.830. The van der Waals surface area contributed by atoms with Gasteiger partial charge in [-0.2, -0.15) is 11.8 Å². The Morgan fingerprint density at radius 2 is 2.37 bits per heavy atom. The summed E-state index contributed by atoms with van der Waals surface area (Å²) < 4.78 is 0. The molecule has 2 unspecified atom stereocenters. The zero-order valence-electron chi connectivity index (χ0n) is 10.8. The average Bonchev–Trinajstić information content (AvgIpc) is 3.01. The molecule has 0 aromatic carbocycles. The molecule has 0 radical (unpaired) electrons. The van der Waals surface area contributed by atoms with E-state index >= 15 is 0 Å². The lowest BCUT2D eigenvalue weighted by Gasteiger charge is -2.14. The monoisotopic (exact) mass is 359 g/mol. The summed E-state index contributed by atoms with van der Waals surface area (Å²) in [6, 6.07) is 2.10. The first kappa shape index (κ1) is 14.0. The Hall–Kier alpha value is -0.000000000000000111. The number of alkyl halides is 1. The Balaban J connectivity index is 1.59. The molecule has 2 aliphatic rings. The van der Waals surface area contributed by atoms with Crippen molar-refractivity contribution in [3.8, 4) is 0 Å². The number of rotatable bonds is 3. The Kier molecular flexibility index (Phi) is 4.54. The summed E-state index contributed by atoms with van der Waals surface area (Å²) in [5.74, 6) is 3.00. The molecule has 5 heteroatoms. The smallest absolute Gasteiger partial charge is 0.261 e. The SMILES string of the molecule is O=C(NCC1CCCC1Br)c1cc2c(s1)CCSC2. The van der Waals surface area contributed by atoms with Gasteiger partial charge >= 0.3 is 0 Å². The van der Waals surface area contributed by atoms with Gasteiger partial charge in [-0.05, 0) is 42.6 Å². The first-order chi connectivity index (χ1) is 9.24. The molecule has 1 aliphatic carbocycles. The molecule has 1 aromatic rings. The van der Waals surface area contributed by atoms with Crippen LogP contribution in [0.2, 0.25) is 0 Å². The van der Waals surface area contributed by atoms with Crippen LogP contribution in [0.25, 0.3) is 0 Å². The van der Waals surface area contributed by atoms with Gasteiger partial charge in [0.05, 0.1) is 4.88 Å². The third kappa shape index (κ3) is 3.19. The van der Waals surface area contributed by atoms with E-state index in [9.17, 15) is 4.79 Å². The predicted molar refractivity (Wildman–Crippen MR) is 86.6 cm³/mol. The van der Waals surface area contributed by atoms with Crippen molar-refractivity contribution in [2.75, 3.05) is 12.3 Å². The third-order valence-electron chi connectivity index (χ3n) is 3.94. The highest BCUT2D eigenvalue weighted by molar-refractivity contribution is 9.09. The van der Waals surface area contributed by atoms with Crippen molar-refractivity contribution in [2.24, 2.45) is 5.92 Å². The van der Waals surface area contributed by atoms with Crippen molar-refractivity contribution in [3.63, 3.8) is 0 Å². The standard InChI is InChI=1S/C14H18BrNOS2/c15-11-3-1-2-9(11)7-16-14(17)13-6-10-8-18-5-4-12(10)19-13/h6,9,11H,1-5,7-8H2,(H,16,17). The van der Waals surface area contributed by atoms with Gasteiger partial charge in [0.2, 0.25) is 0 Å². The number of fused-ring (bicyclic) bond motifs is 1. The molecule has 19 heavy (non-hydrogen) atoms. The predicted octanol–water partition coefficient (Wildman–Crippen LogP) is 3.83. The van der Waals surface area contributed by atoms with E-state index in [1.165, 1.54) is 35.5 Å². The molecule has 3 rings (SSSR count). The van der Waals surface area contributed by atoms with E-state index in [4.69, 9.17) is 0 Å². The second kappa shape index (κ2) is 6.19. The van der Waals surface area contributed by atoms with Crippen LogP contribution in [0.1, 0.15) is 39.4 Å². The fraction of sp³-hybridized carbons (Fsp3) is 0.643. The van der Waals surface area contributed by atoms with Crippen LogP contribution in [0.5, 0.6) is 0 Å². The summed E-state index contributed by atoms with van der Waals surface area (Å²) >= 11 is 7.36. The zero-order valence-corrected chi connectivity index (χ0v) is 14.0. The third-order valence-corrected chi connectivity index (χ3v) is 7.39. The molecule has 1 fully saturated rings. The highest BCUT2D eigenvalue weighted by Gasteiger charge is 2.25. The van der Waals surface area contributed by atoms with E-state index in [-0.39, 0.29) is 5.91 Å². The van der Waals surface area contributed by atoms with Gasteiger partial charge in [0.1, 0.15) is 0 Å². The maximum Gasteiger partial charge on any atom is 0.261 e. The number of thioether (sulfide) groups is 1. The van der Waals surface area contributed by atoms with Crippen molar-refractivity contribution in [3.05, 3.63) is 21.4 Å². The van der Waals surface area contributed by atoms with Crippen molar-refractivity contribution >= 4 is 44.9 Å². The van der Waals surface area contributed by atoms with Gasteiger partial charge in [0, 0.05) is 22.0 Å². The lowest BCUT2D eigenvalue weighted by Crippen LogP contribution is -2.30. The molecule has 0 bridgehead atoms. The molecule has 0 saturated heterocycles. The first-order valence-electron chi connectivity index (χ1n) is 6.85. The molecule has 2 nitrogen and oxygen atoms in total. The van der Waals surface area contributed by atoms with E-state index in [1.54, 1.807) is 11.3 Å². The molecule has 1 amide bonds. The number of carbonyl (C=O) groups excluding carboxylic acids is 1. The normalized spacial score (nSPS) is 26.2. The number of nitrogens with one attached hydrogen (secondary N) is 1. The van der Waals surface area contributed by atoms with Gasteiger partial charge in [0.25, 0.3) is 5.91 Å². The van der Waals surface area contributed by atoms with Crippen LogP contribution < -0.4 is 5.32 Å². The second-order valence-corrected chi connectivity index (χ2v) is 8.70. The van der Waals surface area contributed by atoms with Gasteiger partial charge in [0.15, 0.2) is 0 Å². The van der Waals surface area contributed by atoms with E-state index in [2.05, 4.69) is 27.3 Å². The van der Waals surface area contributed by atoms with Gasteiger partial charge in [-0.15, -0.1) is 11.3 Å². The maximum absolute atomic E-state index is 12.2. The minimum atomic E-state index is 0.121. The highest BCUT2D eigenvalue weighted by atomic mass is 79.9. The molecule has 2 atom stereocenters. The Morgan fingerprint density at radius 1 is 1.47 bits per heavy atom. The number of carbonyl (C=O) groups is 1. The molecule has 1 aromatic heterocycles. The number of hydrogen-bond acceptors (Lipinski definition) is 3. The van der Waals surface area contributed by atoms with Gasteiger partial charge in [-0.25, -0.2) is 0 Å². The van der Waals surface area contributed by atoms with Crippen LogP contribution in [0, 0.1) is 5.92 Å². The highest BCUT2D eigenvalue weighted by Crippen LogP contribution is 2.33. The molecule has 1 N–H and O–H groups in total. The van der Waals surface area contributed by atoms with Gasteiger partial charge in [-0.3, -0.25) is 4.79 Å². The van der Waals surface area contributed by atoms with E-state index < -0.39 is 0 Å². The molecule has 2 heterocycles. The van der Waals surface area contributed by atoms with Gasteiger partial charge in [-0.1, -0.05) is 22.4 Å². The van der Waals surface area contributed by atoms with Crippen LogP contribution in [-0.2, 0) is 12.2 Å². The van der Waals surface area contributed by atoms with Crippen molar-refractivity contribution in [1.29, 1.82) is 0 Å². The minimum absolute atomic E-state index is 0.121.